The van der Waals surface area contributed by atoms with Gasteiger partial charge in [0.05, 0.1) is 28.9 Å². The van der Waals surface area contributed by atoms with Crippen molar-refractivity contribution in [2.45, 2.75) is 20.4 Å². The van der Waals surface area contributed by atoms with Crippen LogP contribution >= 0.6 is 0 Å². The van der Waals surface area contributed by atoms with Gasteiger partial charge in [-0.2, -0.15) is 0 Å². The number of rotatable bonds is 7. The lowest BCUT2D eigenvalue weighted by Gasteiger charge is -2.13. The lowest BCUT2D eigenvalue weighted by molar-refractivity contribution is 0.0527. The number of imidazole rings is 1. The maximum atomic E-state index is 12.5. The predicted octanol–water partition coefficient (Wildman–Crippen LogP) is 5.01. The quantitative estimate of drug-likeness (QED) is 0.394. The summed E-state index contributed by atoms with van der Waals surface area (Å²) < 4.78 is 7.17. The average Bonchev–Trinajstić information content (AvgIpc) is 3.19. The standard InChI is InChI=1S/C26H26N4O3/c1-3-33-25(31)20-8-4-5-9-21(20)29-26(32)27-16-17-30-23-11-7-6-10-22(23)28-24(30)19-14-12-18(2)13-15-19/h4-15H,3,16-17H2,1-2H3,(H2,27,29,32). The number of urea groups is 1. The minimum absolute atomic E-state index is 0.265. The van der Waals surface area contributed by atoms with Crippen molar-refractivity contribution < 1.29 is 14.3 Å². The molecular formula is C26H26N4O3. The maximum Gasteiger partial charge on any atom is 0.340 e. The number of nitrogens with zero attached hydrogens (tertiary/aromatic N) is 2. The number of esters is 1. The number of hydrogen-bond acceptors (Lipinski definition) is 4. The number of ether oxygens (including phenoxy) is 1. The van der Waals surface area contributed by atoms with E-state index in [0.717, 1.165) is 22.4 Å². The van der Waals surface area contributed by atoms with Gasteiger partial charge in [-0.1, -0.05) is 54.1 Å². The number of hydrogen-bond donors (Lipinski definition) is 2. The summed E-state index contributed by atoms with van der Waals surface area (Å²) in [5, 5.41) is 5.61. The number of carbonyl (C=O) groups is 2. The number of carbonyl (C=O) groups excluding carboxylic acids is 2. The highest BCUT2D eigenvalue weighted by Crippen LogP contribution is 2.25. The molecule has 3 aromatic carbocycles. The first-order valence-electron chi connectivity index (χ1n) is 10.9. The van der Waals surface area contributed by atoms with Crippen molar-refractivity contribution >= 4 is 28.7 Å². The molecule has 1 aromatic heterocycles. The van der Waals surface area contributed by atoms with Crippen LogP contribution < -0.4 is 10.6 Å². The molecule has 0 radical (unpaired) electrons. The number of benzene rings is 3. The number of amides is 2. The first kappa shape index (κ1) is 22.1. The summed E-state index contributed by atoms with van der Waals surface area (Å²) in [4.78, 5) is 29.5. The minimum atomic E-state index is -0.471. The Morgan fingerprint density at radius 1 is 0.970 bits per heavy atom. The van der Waals surface area contributed by atoms with E-state index in [1.807, 2.05) is 24.3 Å². The van der Waals surface area contributed by atoms with Crippen molar-refractivity contribution in [3.05, 3.63) is 83.9 Å². The van der Waals surface area contributed by atoms with E-state index >= 15 is 0 Å². The minimum Gasteiger partial charge on any atom is -0.462 e. The van der Waals surface area contributed by atoms with Crippen LogP contribution in [-0.2, 0) is 11.3 Å². The van der Waals surface area contributed by atoms with Crippen LogP contribution in [-0.4, -0.2) is 34.7 Å². The zero-order valence-electron chi connectivity index (χ0n) is 18.7. The highest BCUT2D eigenvalue weighted by molar-refractivity contribution is 6.00. The molecule has 0 fully saturated rings. The SMILES string of the molecule is CCOC(=O)c1ccccc1NC(=O)NCCn1c(-c2ccc(C)cc2)nc2ccccc21. The number of aromatic nitrogens is 2. The smallest absolute Gasteiger partial charge is 0.340 e. The molecule has 0 spiro atoms. The molecular weight excluding hydrogens is 416 g/mol. The monoisotopic (exact) mass is 442 g/mol. The van der Waals surface area contributed by atoms with Gasteiger partial charge in [0.2, 0.25) is 0 Å². The Morgan fingerprint density at radius 3 is 2.48 bits per heavy atom. The van der Waals surface area contributed by atoms with Crippen LogP contribution in [0.1, 0.15) is 22.8 Å². The summed E-state index contributed by atoms with van der Waals surface area (Å²) in [6.07, 6.45) is 0. The van der Waals surface area contributed by atoms with E-state index in [-0.39, 0.29) is 6.61 Å². The second-order valence-corrected chi connectivity index (χ2v) is 7.59. The third kappa shape index (κ3) is 5.03. The van der Waals surface area contributed by atoms with Crippen LogP contribution in [0.25, 0.3) is 22.4 Å². The van der Waals surface area contributed by atoms with E-state index in [1.165, 1.54) is 5.56 Å². The van der Waals surface area contributed by atoms with Gasteiger partial charge in [0.25, 0.3) is 0 Å². The zero-order chi connectivity index (χ0) is 23.2. The summed E-state index contributed by atoms with van der Waals surface area (Å²) in [5.41, 5.74) is 4.83. The van der Waals surface area contributed by atoms with Crippen LogP contribution in [0.3, 0.4) is 0 Å². The molecule has 4 aromatic rings. The van der Waals surface area contributed by atoms with Crippen molar-refractivity contribution in [3.63, 3.8) is 0 Å². The first-order valence-corrected chi connectivity index (χ1v) is 10.9. The molecule has 2 N–H and O–H groups in total. The van der Waals surface area contributed by atoms with E-state index in [9.17, 15) is 9.59 Å². The number of fused-ring (bicyclic) bond motifs is 1. The summed E-state index contributed by atoms with van der Waals surface area (Å²) in [5.74, 6) is 0.382. The van der Waals surface area contributed by atoms with Crippen LogP contribution in [0.4, 0.5) is 10.5 Å². The molecule has 33 heavy (non-hydrogen) atoms. The Hall–Kier alpha value is -4.13. The number of para-hydroxylation sites is 3. The van der Waals surface area contributed by atoms with E-state index in [0.29, 0.717) is 24.3 Å². The van der Waals surface area contributed by atoms with Gasteiger partial charge >= 0.3 is 12.0 Å². The third-order valence-corrected chi connectivity index (χ3v) is 5.26. The highest BCUT2D eigenvalue weighted by Gasteiger charge is 2.15. The molecule has 0 saturated carbocycles. The van der Waals surface area contributed by atoms with Crippen LogP contribution in [0.5, 0.6) is 0 Å². The summed E-state index contributed by atoms with van der Waals surface area (Å²) in [7, 11) is 0. The molecule has 0 saturated heterocycles. The fourth-order valence-electron chi connectivity index (χ4n) is 3.65. The van der Waals surface area contributed by atoms with Crippen molar-refractivity contribution in [3.8, 4) is 11.4 Å². The molecule has 168 valence electrons. The van der Waals surface area contributed by atoms with E-state index < -0.39 is 12.0 Å². The molecule has 7 heteroatoms. The van der Waals surface area contributed by atoms with Gasteiger partial charge in [-0.15, -0.1) is 0 Å². The van der Waals surface area contributed by atoms with Crippen LogP contribution in [0, 0.1) is 6.92 Å². The summed E-state index contributed by atoms with van der Waals surface area (Å²) in [6.45, 7) is 4.98. The lowest BCUT2D eigenvalue weighted by Crippen LogP contribution is -2.32. The van der Waals surface area contributed by atoms with Gasteiger partial charge in [-0.3, -0.25) is 0 Å². The Balaban J connectivity index is 1.48. The molecule has 4 rings (SSSR count). The Labute approximate surface area is 192 Å². The van der Waals surface area contributed by atoms with Crippen molar-refractivity contribution in [1.82, 2.24) is 14.9 Å². The van der Waals surface area contributed by atoms with Gasteiger partial charge < -0.3 is 19.9 Å². The van der Waals surface area contributed by atoms with E-state index in [1.54, 1.807) is 31.2 Å². The third-order valence-electron chi connectivity index (χ3n) is 5.26. The highest BCUT2D eigenvalue weighted by atomic mass is 16.5. The molecule has 2 amide bonds. The maximum absolute atomic E-state index is 12.5. The molecule has 0 aliphatic rings. The lowest BCUT2D eigenvalue weighted by atomic mass is 10.1. The molecule has 0 bridgehead atoms. The summed E-state index contributed by atoms with van der Waals surface area (Å²) in [6, 6.07) is 22.6. The van der Waals surface area contributed by atoms with Gasteiger partial charge in [-0.25, -0.2) is 14.6 Å². The molecule has 1 heterocycles. The second kappa shape index (κ2) is 9.99. The first-order chi connectivity index (χ1) is 16.1. The second-order valence-electron chi connectivity index (χ2n) is 7.59. The van der Waals surface area contributed by atoms with Crippen molar-refractivity contribution in [1.29, 1.82) is 0 Å². The van der Waals surface area contributed by atoms with Gasteiger partial charge in [0, 0.05) is 18.7 Å². The fraction of sp³-hybridized carbons (Fsp3) is 0.192. The normalized spacial score (nSPS) is 10.7. The molecule has 0 aliphatic heterocycles. The molecule has 7 nitrogen and oxygen atoms in total. The fourth-order valence-corrected chi connectivity index (χ4v) is 3.65. The topological polar surface area (TPSA) is 85.2 Å². The molecule has 0 aliphatic carbocycles. The Bertz CT molecular complexity index is 1280. The average molecular weight is 443 g/mol. The summed E-state index contributed by atoms with van der Waals surface area (Å²) >= 11 is 0. The Morgan fingerprint density at radius 2 is 1.70 bits per heavy atom. The van der Waals surface area contributed by atoms with Gasteiger partial charge in [0.1, 0.15) is 5.82 Å². The van der Waals surface area contributed by atoms with E-state index in [4.69, 9.17) is 9.72 Å². The number of anilines is 1. The van der Waals surface area contributed by atoms with Crippen LogP contribution in [0.2, 0.25) is 0 Å². The van der Waals surface area contributed by atoms with Gasteiger partial charge in [-0.05, 0) is 38.1 Å². The molecule has 0 unspecified atom stereocenters. The van der Waals surface area contributed by atoms with Gasteiger partial charge in [0.15, 0.2) is 0 Å². The van der Waals surface area contributed by atoms with Crippen LogP contribution in [0.15, 0.2) is 72.8 Å². The predicted molar refractivity (Wildman–Crippen MR) is 129 cm³/mol. The Kier molecular flexibility index (Phi) is 6.69. The van der Waals surface area contributed by atoms with Crippen molar-refractivity contribution in [2.24, 2.45) is 0 Å². The number of aryl methyl sites for hydroxylation is 1. The molecule has 0 atom stereocenters. The zero-order valence-corrected chi connectivity index (χ0v) is 18.7. The van der Waals surface area contributed by atoms with Crippen molar-refractivity contribution in [2.75, 3.05) is 18.5 Å². The number of nitrogens with one attached hydrogen (secondary N) is 2. The van der Waals surface area contributed by atoms with E-state index in [2.05, 4.69) is 46.4 Å². The largest absolute Gasteiger partial charge is 0.462 e.